The van der Waals surface area contributed by atoms with Crippen molar-refractivity contribution in [2.75, 3.05) is 19.0 Å². The molecule has 10 heteroatoms. The van der Waals surface area contributed by atoms with Crippen molar-refractivity contribution >= 4 is 33.4 Å². The molecule has 8 nitrogen and oxygen atoms in total. The number of carbonyl (C=O) groups is 1. The number of ether oxygens (including phenoxy) is 2. The van der Waals surface area contributed by atoms with Gasteiger partial charge in [0.1, 0.15) is 5.75 Å². The summed E-state index contributed by atoms with van der Waals surface area (Å²) in [6.07, 6.45) is -0.518. The Balaban J connectivity index is 1.36. The van der Waals surface area contributed by atoms with E-state index in [1.807, 2.05) is 84.9 Å². The lowest BCUT2D eigenvalue weighted by Crippen LogP contribution is -2.49. The average molecular weight is 707 g/mol. The molecular weight excluding hydrogens is 669 g/mol. The molecule has 2 N–H and O–H groups in total. The number of amides is 1. The molecule has 6 rings (SSSR count). The van der Waals surface area contributed by atoms with Crippen molar-refractivity contribution in [1.82, 2.24) is 5.32 Å². The van der Waals surface area contributed by atoms with Crippen LogP contribution in [0.3, 0.4) is 0 Å². The molecule has 0 saturated heterocycles. The van der Waals surface area contributed by atoms with Gasteiger partial charge in [-0.05, 0) is 65.7 Å². The van der Waals surface area contributed by atoms with Gasteiger partial charge in [-0.25, -0.2) is 13.4 Å². The molecule has 0 aliphatic carbocycles. The fourth-order valence-corrected chi connectivity index (χ4v) is 8.08. The first-order valence-corrected chi connectivity index (χ1v) is 18.9. The number of sulfone groups is 1. The fourth-order valence-electron chi connectivity index (χ4n) is 5.73. The summed E-state index contributed by atoms with van der Waals surface area (Å²) in [7, 11) is -3.77. The predicted octanol–water partition coefficient (Wildman–Crippen LogP) is 7.04. The number of carbonyl (C=O) groups excluding carboxylic acids is 1. The largest absolute Gasteiger partial charge is 0.494 e. The minimum absolute atomic E-state index is 0.0329. The van der Waals surface area contributed by atoms with Crippen LogP contribution in [0, 0.1) is 0 Å². The van der Waals surface area contributed by atoms with Crippen LogP contribution in [-0.2, 0) is 25.9 Å². The summed E-state index contributed by atoms with van der Waals surface area (Å²) in [6, 6.07) is 42.6. The number of aliphatic hydroxyl groups is 1. The van der Waals surface area contributed by atoms with Crippen molar-refractivity contribution in [2.45, 2.75) is 45.7 Å². The zero-order valence-electron chi connectivity index (χ0n) is 27.4. The summed E-state index contributed by atoms with van der Waals surface area (Å²) in [6.45, 7) is 0.606. The van der Waals surface area contributed by atoms with Gasteiger partial charge < -0.3 is 19.9 Å². The zero-order valence-corrected chi connectivity index (χ0v) is 29.0. The molecule has 0 bridgehead atoms. The summed E-state index contributed by atoms with van der Waals surface area (Å²) in [5.41, 5.74) is 0.613. The minimum Gasteiger partial charge on any atom is -0.494 e. The molecule has 5 aromatic rings. The molecule has 5 aromatic carbocycles. The van der Waals surface area contributed by atoms with Gasteiger partial charge in [0.2, 0.25) is 5.90 Å². The first kappa shape index (κ1) is 34.9. The Morgan fingerprint density at radius 2 is 1.48 bits per heavy atom. The lowest BCUT2D eigenvalue weighted by atomic mass is 9.85. The zero-order chi connectivity index (χ0) is 34.8. The van der Waals surface area contributed by atoms with Crippen molar-refractivity contribution in [1.29, 1.82) is 0 Å². The lowest BCUT2D eigenvalue weighted by molar-refractivity contribution is -0.129. The molecule has 0 fully saturated rings. The second-order valence-electron chi connectivity index (χ2n) is 11.8. The van der Waals surface area contributed by atoms with Crippen molar-refractivity contribution < 1.29 is 27.8 Å². The van der Waals surface area contributed by atoms with Crippen molar-refractivity contribution in [3.05, 3.63) is 156 Å². The van der Waals surface area contributed by atoms with Crippen LogP contribution in [0.15, 0.2) is 159 Å². The Morgan fingerprint density at radius 1 is 0.840 bits per heavy atom. The molecule has 0 aromatic heterocycles. The topological polar surface area (TPSA) is 114 Å². The maximum atomic E-state index is 14.7. The molecule has 0 radical (unpaired) electrons. The van der Waals surface area contributed by atoms with E-state index in [-0.39, 0.29) is 36.1 Å². The number of nitrogens with one attached hydrogen (secondary N) is 1. The molecule has 1 amide bonds. The van der Waals surface area contributed by atoms with Crippen LogP contribution in [0.2, 0.25) is 0 Å². The molecule has 1 aliphatic rings. The summed E-state index contributed by atoms with van der Waals surface area (Å²) in [5.74, 6) is 0.0814. The first-order chi connectivity index (χ1) is 24.4. The predicted molar refractivity (Wildman–Crippen MR) is 195 cm³/mol. The Labute approximate surface area is 297 Å². The highest BCUT2D eigenvalue weighted by Gasteiger charge is 2.53. The van der Waals surface area contributed by atoms with Crippen LogP contribution >= 0.6 is 11.8 Å². The Morgan fingerprint density at radius 3 is 2.18 bits per heavy atom. The van der Waals surface area contributed by atoms with Gasteiger partial charge in [0.05, 0.1) is 17.3 Å². The van der Waals surface area contributed by atoms with Crippen molar-refractivity contribution in [2.24, 2.45) is 4.99 Å². The van der Waals surface area contributed by atoms with Gasteiger partial charge >= 0.3 is 0 Å². The highest BCUT2D eigenvalue weighted by atomic mass is 32.2. The van der Waals surface area contributed by atoms with Gasteiger partial charge in [-0.2, -0.15) is 0 Å². The number of hydrogen-bond acceptors (Lipinski definition) is 8. The van der Waals surface area contributed by atoms with Gasteiger partial charge in [0.25, 0.3) is 5.91 Å². The fraction of sp³-hybridized carbons (Fsp3) is 0.200. The number of aliphatic imine (C=N–C) groups is 1. The van der Waals surface area contributed by atoms with Gasteiger partial charge in [0.15, 0.2) is 21.5 Å². The third-order valence-electron chi connectivity index (χ3n) is 8.37. The highest BCUT2D eigenvalue weighted by Crippen LogP contribution is 2.43. The van der Waals surface area contributed by atoms with E-state index in [1.165, 1.54) is 0 Å². The van der Waals surface area contributed by atoms with Gasteiger partial charge in [0, 0.05) is 41.3 Å². The van der Waals surface area contributed by atoms with Crippen molar-refractivity contribution in [3.8, 4) is 5.75 Å². The average Bonchev–Trinajstić information content (AvgIpc) is 3.56. The van der Waals surface area contributed by atoms with Crippen LogP contribution in [0.1, 0.15) is 35.6 Å². The summed E-state index contributed by atoms with van der Waals surface area (Å²) >= 11 is 1.61. The van der Waals surface area contributed by atoms with Crippen LogP contribution in [0.25, 0.3) is 0 Å². The number of benzene rings is 5. The standard InChI is InChI=1S/C40H38N2O6S2/c43-26-12-27-47-33-23-21-31(22-24-33)38-42-40(37(48-38)30-13-4-1-5-14-30,25-28-50(45,46)35-18-8-3-9-19-35)39(44)41-29-32-15-10-11-20-36(32)49-34-16-6-2-7-17-34/h1-11,13-24,37,43H,12,25-29H2,(H,41,44)/t37-,40-/m1/s1. The number of hydrogen-bond donors (Lipinski definition) is 2. The monoisotopic (exact) mass is 706 g/mol. The third-order valence-corrected chi connectivity index (χ3v) is 11.2. The molecule has 0 saturated carbocycles. The lowest BCUT2D eigenvalue weighted by Gasteiger charge is -2.30. The minimum atomic E-state index is -3.77. The summed E-state index contributed by atoms with van der Waals surface area (Å²) in [5, 5.41) is 12.2. The van der Waals surface area contributed by atoms with E-state index in [9.17, 15) is 13.2 Å². The molecule has 2 atom stereocenters. The Bertz CT molecular complexity index is 2010. The first-order valence-electron chi connectivity index (χ1n) is 16.4. The van der Waals surface area contributed by atoms with Crippen LogP contribution in [0.5, 0.6) is 5.75 Å². The van der Waals surface area contributed by atoms with E-state index in [1.54, 1.807) is 66.4 Å². The van der Waals surface area contributed by atoms with Crippen LogP contribution < -0.4 is 10.1 Å². The number of nitrogens with zero attached hydrogens (tertiary/aromatic N) is 1. The second kappa shape index (κ2) is 16.2. The number of aliphatic hydroxyl groups excluding tert-OH is 1. The van der Waals surface area contributed by atoms with E-state index in [4.69, 9.17) is 19.6 Å². The van der Waals surface area contributed by atoms with Gasteiger partial charge in [-0.15, -0.1) is 0 Å². The SMILES string of the molecule is O=C(NCc1ccccc1Sc1ccccc1)[C@]1(CCS(=O)(=O)c2ccccc2)N=C(c2ccc(OCCCO)cc2)O[C@@H]1c1ccccc1. The Kier molecular flexibility index (Phi) is 11.3. The molecule has 1 heterocycles. The molecule has 50 heavy (non-hydrogen) atoms. The molecule has 0 spiro atoms. The summed E-state index contributed by atoms with van der Waals surface area (Å²) < 4.78 is 39.5. The molecule has 0 unspecified atom stereocenters. The molecule has 256 valence electrons. The Hall–Kier alpha value is -4.90. The van der Waals surface area contributed by atoms with E-state index < -0.39 is 27.4 Å². The van der Waals surface area contributed by atoms with E-state index in [0.717, 1.165) is 15.4 Å². The van der Waals surface area contributed by atoms with Crippen LogP contribution in [-0.4, -0.2) is 49.8 Å². The molecule has 1 aliphatic heterocycles. The van der Waals surface area contributed by atoms with Crippen molar-refractivity contribution in [3.63, 3.8) is 0 Å². The highest BCUT2D eigenvalue weighted by molar-refractivity contribution is 7.99. The number of rotatable bonds is 15. The van der Waals surface area contributed by atoms with Crippen LogP contribution in [0.4, 0.5) is 0 Å². The second-order valence-corrected chi connectivity index (χ2v) is 15.0. The quantitative estimate of drug-likeness (QED) is 0.112. The van der Waals surface area contributed by atoms with E-state index in [2.05, 4.69) is 5.32 Å². The van der Waals surface area contributed by atoms with Gasteiger partial charge in [-0.1, -0.05) is 96.7 Å². The molecular formula is C40H38N2O6S2. The third kappa shape index (κ3) is 8.27. The van der Waals surface area contributed by atoms with E-state index >= 15 is 0 Å². The maximum Gasteiger partial charge on any atom is 0.252 e. The van der Waals surface area contributed by atoms with Gasteiger partial charge in [-0.3, -0.25) is 4.79 Å². The summed E-state index contributed by atoms with van der Waals surface area (Å²) in [4.78, 5) is 21.9. The maximum absolute atomic E-state index is 14.7. The normalized spacial score (nSPS) is 17.1. The smallest absolute Gasteiger partial charge is 0.252 e. The van der Waals surface area contributed by atoms with E-state index in [0.29, 0.717) is 29.9 Å².